The molecule has 3 heterocycles. The molecule has 1 aliphatic heterocycles. The molecule has 0 saturated heterocycles. The highest BCUT2D eigenvalue weighted by molar-refractivity contribution is 5.96. The van der Waals surface area contributed by atoms with Crippen molar-refractivity contribution in [2.24, 2.45) is 0 Å². The second kappa shape index (κ2) is 5.52. The quantitative estimate of drug-likeness (QED) is 0.776. The van der Waals surface area contributed by atoms with Crippen LogP contribution in [0, 0.1) is 0 Å². The van der Waals surface area contributed by atoms with Crippen molar-refractivity contribution < 1.29 is 14.0 Å². The zero-order valence-corrected chi connectivity index (χ0v) is 13.1. The zero-order valence-electron chi connectivity index (χ0n) is 13.1. The van der Waals surface area contributed by atoms with Gasteiger partial charge in [-0.3, -0.25) is 14.3 Å². The van der Waals surface area contributed by atoms with Gasteiger partial charge in [-0.25, -0.2) is 0 Å². The predicted octanol–water partition coefficient (Wildman–Crippen LogP) is 1.57. The van der Waals surface area contributed by atoms with Crippen molar-refractivity contribution in [3.8, 4) is 0 Å². The molecule has 0 spiro atoms. The zero-order chi connectivity index (χ0) is 16.7. The van der Waals surface area contributed by atoms with Gasteiger partial charge < -0.3 is 14.6 Å². The van der Waals surface area contributed by atoms with E-state index in [0.29, 0.717) is 12.1 Å². The molecule has 7 heteroatoms. The molecule has 1 N–H and O–H groups in total. The Hall–Kier alpha value is -3.09. The van der Waals surface area contributed by atoms with Crippen LogP contribution in [0.4, 0.5) is 0 Å². The minimum absolute atomic E-state index is 0.179. The van der Waals surface area contributed by atoms with Crippen LogP contribution in [0.15, 0.2) is 47.0 Å². The molecule has 0 bridgehead atoms. The SMILES string of the molecule is CNC(=O)[C@H]1CN(C(=O)c2cc3ccccc3o2)Cc2ccnn21. The maximum absolute atomic E-state index is 12.8. The number of benzene rings is 1. The molecule has 0 radical (unpaired) electrons. The number of furan rings is 1. The molecular weight excluding hydrogens is 308 g/mol. The van der Waals surface area contributed by atoms with Crippen LogP contribution >= 0.6 is 0 Å². The van der Waals surface area contributed by atoms with E-state index < -0.39 is 6.04 Å². The molecule has 3 aromatic rings. The summed E-state index contributed by atoms with van der Waals surface area (Å²) in [5, 5.41) is 7.71. The van der Waals surface area contributed by atoms with Crippen molar-refractivity contribution >= 4 is 22.8 Å². The van der Waals surface area contributed by atoms with Gasteiger partial charge in [-0.15, -0.1) is 0 Å². The fourth-order valence-corrected chi connectivity index (χ4v) is 3.05. The summed E-state index contributed by atoms with van der Waals surface area (Å²) in [6.07, 6.45) is 1.64. The van der Waals surface area contributed by atoms with Crippen LogP contribution < -0.4 is 5.32 Å². The average Bonchev–Trinajstić information content (AvgIpc) is 3.25. The Bertz CT molecular complexity index is 894. The number of para-hydroxylation sites is 1. The van der Waals surface area contributed by atoms with Crippen molar-refractivity contribution in [2.75, 3.05) is 13.6 Å². The Labute approximate surface area is 137 Å². The number of carbonyl (C=O) groups excluding carboxylic acids is 2. The van der Waals surface area contributed by atoms with Gasteiger partial charge in [-0.1, -0.05) is 18.2 Å². The van der Waals surface area contributed by atoms with Crippen molar-refractivity contribution in [1.29, 1.82) is 0 Å². The smallest absolute Gasteiger partial charge is 0.290 e. The maximum atomic E-state index is 12.8. The van der Waals surface area contributed by atoms with Crippen LogP contribution in [-0.2, 0) is 11.3 Å². The van der Waals surface area contributed by atoms with Crippen molar-refractivity contribution in [1.82, 2.24) is 20.0 Å². The molecule has 2 amide bonds. The van der Waals surface area contributed by atoms with Crippen LogP contribution in [0.3, 0.4) is 0 Å². The van der Waals surface area contributed by atoms with E-state index in [1.807, 2.05) is 30.3 Å². The van der Waals surface area contributed by atoms with Gasteiger partial charge in [0.1, 0.15) is 11.6 Å². The normalized spacial score (nSPS) is 16.9. The molecule has 4 rings (SSSR count). The minimum Gasteiger partial charge on any atom is -0.451 e. The third kappa shape index (κ3) is 2.25. The Morgan fingerprint density at radius 2 is 2.12 bits per heavy atom. The summed E-state index contributed by atoms with van der Waals surface area (Å²) < 4.78 is 7.33. The Morgan fingerprint density at radius 3 is 2.92 bits per heavy atom. The van der Waals surface area contributed by atoms with Crippen LogP contribution in [0.25, 0.3) is 11.0 Å². The fraction of sp³-hybridized carbons (Fsp3) is 0.235. The Kier molecular flexibility index (Phi) is 3.34. The number of amides is 2. The molecule has 2 aromatic heterocycles. The molecule has 24 heavy (non-hydrogen) atoms. The van der Waals surface area contributed by atoms with E-state index in [0.717, 1.165) is 11.1 Å². The van der Waals surface area contributed by atoms with Gasteiger partial charge in [0, 0.05) is 18.6 Å². The molecule has 122 valence electrons. The number of carbonyl (C=O) groups is 2. The molecule has 1 aromatic carbocycles. The first-order valence-electron chi connectivity index (χ1n) is 7.69. The monoisotopic (exact) mass is 324 g/mol. The van der Waals surface area contributed by atoms with E-state index in [1.54, 1.807) is 28.9 Å². The van der Waals surface area contributed by atoms with E-state index >= 15 is 0 Å². The summed E-state index contributed by atoms with van der Waals surface area (Å²) in [7, 11) is 1.57. The highest BCUT2D eigenvalue weighted by Crippen LogP contribution is 2.25. The van der Waals surface area contributed by atoms with Crippen LogP contribution in [0.5, 0.6) is 0 Å². The number of aromatic nitrogens is 2. The van der Waals surface area contributed by atoms with Crippen molar-refractivity contribution in [3.05, 3.63) is 54.0 Å². The van der Waals surface area contributed by atoms with Gasteiger partial charge in [-0.05, 0) is 18.2 Å². The summed E-state index contributed by atoms with van der Waals surface area (Å²) in [4.78, 5) is 26.6. The van der Waals surface area contributed by atoms with E-state index in [9.17, 15) is 9.59 Å². The van der Waals surface area contributed by atoms with Gasteiger partial charge in [0.25, 0.3) is 5.91 Å². The topological polar surface area (TPSA) is 80.4 Å². The minimum atomic E-state index is -0.540. The maximum Gasteiger partial charge on any atom is 0.290 e. The third-order valence-electron chi connectivity index (χ3n) is 4.27. The highest BCUT2D eigenvalue weighted by Gasteiger charge is 2.33. The Morgan fingerprint density at radius 1 is 1.29 bits per heavy atom. The number of nitrogens with one attached hydrogen (secondary N) is 1. The van der Waals surface area contributed by atoms with Gasteiger partial charge in [0.15, 0.2) is 5.76 Å². The van der Waals surface area contributed by atoms with Crippen LogP contribution in [0.1, 0.15) is 22.3 Å². The molecular formula is C17H16N4O3. The predicted molar refractivity (Wildman–Crippen MR) is 86.3 cm³/mol. The standard InChI is InChI=1S/C17H16N4O3/c1-18-16(22)13-10-20(9-12-6-7-19-21(12)13)17(23)15-8-11-4-2-3-5-14(11)24-15/h2-8,13H,9-10H2,1H3,(H,18,22)/t13-/m1/s1. The van der Waals surface area contributed by atoms with Gasteiger partial charge in [0.2, 0.25) is 5.91 Å². The summed E-state index contributed by atoms with van der Waals surface area (Å²) in [5.74, 6) is -0.130. The molecule has 0 aliphatic carbocycles. The first-order valence-corrected chi connectivity index (χ1v) is 7.69. The number of rotatable bonds is 2. The molecule has 7 nitrogen and oxygen atoms in total. The van der Waals surface area contributed by atoms with E-state index in [1.165, 1.54) is 0 Å². The van der Waals surface area contributed by atoms with Crippen LogP contribution in [0.2, 0.25) is 0 Å². The second-order valence-corrected chi connectivity index (χ2v) is 5.73. The third-order valence-corrected chi connectivity index (χ3v) is 4.27. The lowest BCUT2D eigenvalue weighted by Crippen LogP contribution is -2.46. The summed E-state index contributed by atoms with van der Waals surface area (Å²) in [5.41, 5.74) is 1.49. The van der Waals surface area contributed by atoms with Crippen molar-refractivity contribution in [2.45, 2.75) is 12.6 Å². The number of likely N-dealkylation sites (N-methyl/N-ethyl adjacent to an activating group) is 1. The van der Waals surface area contributed by atoms with Crippen molar-refractivity contribution in [3.63, 3.8) is 0 Å². The van der Waals surface area contributed by atoms with E-state index in [-0.39, 0.29) is 24.1 Å². The fourth-order valence-electron chi connectivity index (χ4n) is 3.05. The number of fused-ring (bicyclic) bond motifs is 2. The summed E-state index contributed by atoms with van der Waals surface area (Å²) >= 11 is 0. The number of hydrogen-bond donors (Lipinski definition) is 1. The van der Waals surface area contributed by atoms with E-state index in [2.05, 4.69) is 10.4 Å². The van der Waals surface area contributed by atoms with Gasteiger partial charge in [-0.2, -0.15) is 5.10 Å². The van der Waals surface area contributed by atoms with Gasteiger partial charge >= 0.3 is 0 Å². The second-order valence-electron chi connectivity index (χ2n) is 5.73. The first-order chi connectivity index (χ1) is 11.7. The molecule has 0 unspecified atom stereocenters. The Balaban J connectivity index is 1.66. The number of hydrogen-bond acceptors (Lipinski definition) is 4. The molecule has 0 fully saturated rings. The summed E-state index contributed by atoms with van der Waals surface area (Å²) in [6, 6.07) is 10.5. The van der Waals surface area contributed by atoms with Crippen LogP contribution in [-0.4, -0.2) is 40.1 Å². The van der Waals surface area contributed by atoms with E-state index in [4.69, 9.17) is 4.42 Å². The average molecular weight is 324 g/mol. The van der Waals surface area contributed by atoms with Gasteiger partial charge in [0.05, 0.1) is 18.8 Å². The lowest BCUT2D eigenvalue weighted by molar-refractivity contribution is -0.125. The molecule has 0 saturated carbocycles. The first kappa shape index (κ1) is 14.5. The lowest BCUT2D eigenvalue weighted by atomic mass is 10.1. The highest BCUT2D eigenvalue weighted by atomic mass is 16.3. The molecule has 1 aliphatic rings. The molecule has 1 atom stereocenters. The summed E-state index contributed by atoms with van der Waals surface area (Å²) in [6.45, 7) is 0.646. The lowest BCUT2D eigenvalue weighted by Gasteiger charge is -2.32. The number of nitrogens with zero attached hydrogens (tertiary/aromatic N) is 3. The largest absolute Gasteiger partial charge is 0.451 e.